The van der Waals surface area contributed by atoms with E-state index in [1.165, 1.54) is 5.56 Å². The predicted octanol–water partition coefficient (Wildman–Crippen LogP) is 5.10. The van der Waals surface area contributed by atoms with E-state index in [0.717, 1.165) is 54.7 Å². The minimum absolute atomic E-state index is 0.124. The van der Waals surface area contributed by atoms with Crippen molar-refractivity contribution in [1.29, 1.82) is 0 Å². The molecule has 146 valence electrons. The molecule has 4 nitrogen and oxygen atoms in total. The van der Waals surface area contributed by atoms with Crippen molar-refractivity contribution in [1.82, 2.24) is 9.47 Å². The van der Waals surface area contributed by atoms with Crippen LogP contribution in [0, 0.1) is 0 Å². The van der Waals surface area contributed by atoms with Crippen LogP contribution >= 0.6 is 0 Å². The number of hydrogen-bond acceptors (Lipinski definition) is 2. The van der Waals surface area contributed by atoms with E-state index in [9.17, 15) is 4.79 Å². The highest BCUT2D eigenvalue weighted by Gasteiger charge is 2.25. The molecule has 0 unspecified atom stereocenters. The van der Waals surface area contributed by atoms with Gasteiger partial charge in [0.05, 0.1) is 11.6 Å². The number of carbonyl (C=O) groups is 1. The summed E-state index contributed by atoms with van der Waals surface area (Å²) in [6, 6.07) is 18.5. The normalized spacial score (nSPS) is 15.1. The maximum atomic E-state index is 13.3. The highest BCUT2D eigenvalue weighted by molar-refractivity contribution is 6.00. The van der Waals surface area contributed by atoms with Gasteiger partial charge in [0.2, 0.25) is 0 Å². The van der Waals surface area contributed by atoms with Gasteiger partial charge in [-0.15, -0.1) is 0 Å². The Kier molecular flexibility index (Phi) is 5.38. The van der Waals surface area contributed by atoms with Crippen molar-refractivity contribution >= 4 is 16.8 Å². The van der Waals surface area contributed by atoms with E-state index in [4.69, 9.17) is 4.74 Å². The summed E-state index contributed by atoms with van der Waals surface area (Å²) >= 11 is 0. The van der Waals surface area contributed by atoms with Crippen molar-refractivity contribution in [3.05, 3.63) is 65.9 Å². The number of benzene rings is 2. The first-order valence-corrected chi connectivity index (χ1v) is 10.3. The van der Waals surface area contributed by atoms with Crippen LogP contribution in [0.15, 0.2) is 54.6 Å². The molecule has 0 bridgehead atoms. The second kappa shape index (κ2) is 8.09. The maximum absolute atomic E-state index is 13.3. The van der Waals surface area contributed by atoms with Crippen LogP contribution < -0.4 is 4.74 Å². The largest absolute Gasteiger partial charge is 0.490 e. The van der Waals surface area contributed by atoms with Crippen LogP contribution in [0.3, 0.4) is 0 Å². The van der Waals surface area contributed by atoms with Gasteiger partial charge < -0.3 is 14.2 Å². The number of ether oxygens (including phenoxy) is 1. The molecule has 1 amide bonds. The molecule has 4 heteroatoms. The third-order valence-electron chi connectivity index (χ3n) is 5.60. The monoisotopic (exact) mass is 376 g/mol. The summed E-state index contributed by atoms with van der Waals surface area (Å²) in [5, 5.41) is 1.02. The first-order valence-electron chi connectivity index (χ1n) is 10.3. The number of hydrogen-bond donors (Lipinski definition) is 0. The minimum Gasteiger partial charge on any atom is -0.490 e. The van der Waals surface area contributed by atoms with Crippen molar-refractivity contribution in [2.24, 2.45) is 0 Å². The highest BCUT2D eigenvalue weighted by atomic mass is 16.5. The second-order valence-electron chi connectivity index (χ2n) is 7.63. The molecule has 2 heterocycles. The predicted molar refractivity (Wildman–Crippen MR) is 113 cm³/mol. The van der Waals surface area contributed by atoms with E-state index in [2.05, 4.69) is 36.6 Å². The average molecular weight is 377 g/mol. The molecule has 0 radical (unpaired) electrons. The number of rotatable bonds is 6. The number of fused-ring (bicyclic) bond motifs is 1. The Balaban J connectivity index is 1.81. The fourth-order valence-corrected chi connectivity index (χ4v) is 3.86. The van der Waals surface area contributed by atoms with E-state index in [-0.39, 0.29) is 12.0 Å². The Labute approximate surface area is 166 Å². The summed E-state index contributed by atoms with van der Waals surface area (Å²) in [5.74, 6) is 0.980. The van der Waals surface area contributed by atoms with Gasteiger partial charge in [-0.05, 0) is 49.9 Å². The minimum atomic E-state index is 0.124. The van der Waals surface area contributed by atoms with Gasteiger partial charge in [0.15, 0.2) is 0 Å². The summed E-state index contributed by atoms with van der Waals surface area (Å²) in [5.41, 5.74) is 2.98. The van der Waals surface area contributed by atoms with Gasteiger partial charge in [-0.1, -0.05) is 43.3 Å². The van der Waals surface area contributed by atoms with Crippen LogP contribution in [0.5, 0.6) is 5.75 Å². The van der Waals surface area contributed by atoms with Gasteiger partial charge >= 0.3 is 0 Å². The molecule has 0 aliphatic carbocycles. The second-order valence-corrected chi connectivity index (χ2v) is 7.63. The molecule has 0 N–H and O–H groups in total. The molecule has 1 atom stereocenters. The molecule has 1 aromatic heterocycles. The molecule has 1 aliphatic heterocycles. The molecule has 3 aromatic rings. The Morgan fingerprint density at radius 2 is 1.82 bits per heavy atom. The number of amides is 1. The first kappa shape index (κ1) is 18.6. The molecule has 28 heavy (non-hydrogen) atoms. The lowest BCUT2D eigenvalue weighted by Crippen LogP contribution is -2.29. The van der Waals surface area contributed by atoms with Crippen molar-refractivity contribution in [2.45, 2.75) is 45.8 Å². The zero-order chi connectivity index (χ0) is 19.5. The number of nitrogens with zero attached hydrogens (tertiary/aromatic N) is 2. The molecular weight excluding hydrogens is 348 g/mol. The van der Waals surface area contributed by atoms with Crippen LogP contribution in [0.25, 0.3) is 10.9 Å². The third-order valence-corrected chi connectivity index (χ3v) is 5.60. The van der Waals surface area contributed by atoms with Crippen molar-refractivity contribution in [3.63, 3.8) is 0 Å². The molecular formula is C24H28N2O2. The quantitative estimate of drug-likeness (QED) is 0.600. The van der Waals surface area contributed by atoms with E-state index in [0.29, 0.717) is 6.54 Å². The molecule has 4 rings (SSSR count). The van der Waals surface area contributed by atoms with Crippen molar-refractivity contribution < 1.29 is 9.53 Å². The lowest BCUT2D eigenvalue weighted by atomic mass is 10.2. The van der Waals surface area contributed by atoms with Gasteiger partial charge in [0, 0.05) is 25.0 Å². The zero-order valence-electron chi connectivity index (χ0n) is 16.7. The zero-order valence-corrected chi connectivity index (χ0v) is 16.7. The highest BCUT2D eigenvalue weighted by Crippen LogP contribution is 2.31. The lowest BCUT2D eigenvalue weighted by Gasteiger charge is -2.17. The average Bonchev–Trinajstić information content (AvgIpc) is 3.38. The Morgan fingerprint density at radius 3 is 2.54 bits per heavy atom. The molecule has 0 saturated carbocycles. The number of aromatic nitrogens is 1. The van der Waals surface area contributed by atoms with Gasteiger partial charge in [-0.3, -0.25) is 4.79 Å². The van der Waals surface area contributed by atoms with Gasteiger partial charge in [-0.2, -0.15) is 0 Å². The summed E-state index contributed by atoms with van der Waals surface area (Å²) in [4.78, 5) is 15.3. The smallest absolute Gasteiger partial charge is 0.270 e. The standard InChI is InChI=1S/C24H28N2O2/c1-3-18(2)28-23-13-9-12-21-20(23)16-22(24(27)25-14-7-8-15-25)26(21)17-19-10-5-4-6-11-19/h4-6,9-13,16,18H,3,7-8,14-15,17H2,1-2H3/t18-/m0/s1. The van der Waals surface area contributed by atoms with E-state index < -0.39 is 0 Å². The lowest BCUT2D eigenvalue weighted by molar-refractivity contribution is 0.0783. The fourth-order valence-electron chi connectivity index (χ4n) is 3.86. The van der Waals surface area contributed by atoms with E-state index >= 15 is 0 Å². The third kappa shape index (κ3) is 3.64. The number of likely N-dealkylation sites (tertiary alicyclic amines) is 1. The summed E-state index contributed by atoms with van der Waals surface area (Å²) in [6.07, 6.45) is 3.27. The molecule has 0 spiro atoms. The molecule has 1 aliphatic rings. The van der Waals surface area contributed by atoms with E-state index in [1.54, 1.807) is 0 Å². The van der Waals surface area contributed by atoms with Crippen molar-refractivity contribution in [2.75, 3.05) is 13.1 Å². The molecule has 1 saturated heterocycles. The van der Waals surface area contributed by atoms with Gasteiger partial charge in [0.25, 0.3) is 5.91 Å². The van der Waals surface area contributed by atoms with Crippen molar-refractivity contribution in [3.8, 4) is 5.75 Å². The maximum Gasteiger partial charge on any atom is 0.270 e. The summed E-state index contributed by atoms with van der Waals surface area (Å²) in [7, 11) is 0. The topological polar surface area (TPSA) is 34.5 Å². The van der Waals surface area contributed by atoms with Crippen LogP contribution in [0.4, 0.5) is 0 Å². The van der Waals surface area contributed by atoms with Crippen LogP contribution in [-0.4, -0.2) is 34.6 Å². The Morgan fingerprint density at radius 1 is 1.07 bits per heavy atom. The van der Waals surface area contributed by atoms with Gasteiger partial charge in [0.1, 0.15) is 11.4 Å². The first-order chi connectivity index (χ1) is 13.7. The number of carbonyl (C=O) groups excluding carboxylic acids is 1. The SMILES string of the molecule is CC[C@H](C)Oc1cccc2c1cc(C(=O)N1CCCC1)n2Cc1ccccc1. The fraction of sp³-hybridized carbons (Fsp3) is 0.375. The molecule has 2 aromatic carbocycles. The summed E-state index contributed by atoms with van der Waals surface area (Å²) < 4.78 is 8.31. The van der Waals surface area contributed by atoms with Gasteiger partial charge in [-0.25, -0.2) is 0 Å². The summed E-state index contributed by atoms with van der Waals surface area (Å²) in [6.45, 7) is 6.57. The van der Waals surface area contributed by atoms with Crippen LogP contribution in [0.2, 0.25) is 0 Å². The molecule has 1 fully saturated rings. The Hall–Kier alpha value is -2.75. The van der Waals surface area contributed by atoms with Crippen LogP contribution in [0.1, 0.15) is 49.2 Å². The Bertz CT molecular complexity index is 955. The van der Waals surface area contributed by atoms with E-state index in [1.807, 2.05) is 41.3 Å². The van der Waals surface area contributed by atoms with Crippen LogP contribution in [-0.2, 0) is 6.54 Å².